The Morgan fingerprint density at radius 2 is 1.70 bits per heavy atom. The SMILES string of the molecule is CCCNC(c1cccc2ccccc12)C(C)(C)CC. The monoisotopic (exact) mass is 269 g/mol. The molecule has 0 fully saturated rings. The van der Waals surface area contributed by atoms with Gasteiger partial charge in [-0.15, -0.1) is 0 Å². The van der Waals surface area contributed by atoms with E-state index in [1.807, 2.05) is 0 Å². The van der Waals surface area contributed by atoms with Crippen molar-refractivity contribution in [3.8, 4) is 0 Å². The number of benzene rings is 2. The zero-order valence-corrected chi connectivity index (χ0v) is 13.2. The van der Waals surface area contributed by atoms with E-state index in [1.165, 1.54) is 22.8 Å². The third-order valence-electron chi connectivity index (χ3n) is 4.43. The van der Waals surface area contributed by atoms with E-state index >= 15 is 0 Å². The van der Waals surface area contributed by atoms with Gasteiger partial charge in [-0.25, -0.2) is 0 Å². The summed E-state index contributed by atoms with van der Waals surface area (Å²) in [4.78, 5) is 0. The van der Waals surface area contributed by atoms with Crippen molar-refractivity contribution in [2.24, 2.45) is 5.41 Å². The van der Waals surface area contributed by atoms with Crippen molar-refractivity contribution >= 4 is 10.8 Å². The van der Waals surface area contributed by atoms with Crippen LogP contribution in [0.1, 0.15) is 52.1 Å². The molecule has 1 heteroatoms. The molecule has 0 heterocycles. The van der Waals surface area contributed by atoms with Crippen molar-refractivity contribution in [2.75, 3.05) is 6.54 Å². The Morgan fingerprint density at radius 1 is 1.00 bits per heavy atom. The molecule has 1 unspecified atom stereocenters. The fourth-order valence-electron chi connectivity index (χ4n) is 2.80. The molecule has 0 saturated carbocycles. The Kier molecular flexibility index (Phi) is 4.82. The van der Waals surface area contributed by atoms with Crippen molar-refractivity contribution in [2.45, 2.75) is 46.6 Å². The van der Waals surface area contributed by atoms with Crippen LogP contribution in [0.25, 0.3) is 10.8 Å². The first-order valence-electron chi connectivity index (χ1n) is 7.81. The normalized spacial score (nSPS) is 13.6. The van der Waals surface area contributed by atoms with Crippen LogP contribution in [0.2, 0.25) is 0 Å². The minimum atomic E-state index is 0.249. The molecular formula is C19H27N. The Hall–Kier alpha value is -1.34. The van der Waals surface area contributed by atoms with E-state index in [-0.39, 0.29) is 5.41 Å². The van der Waals surface area contributed by atoms with Crippen molar-refractivity contribution in [1.82, 2.24) is 5.32 Å². The highest BCUT2D eigenvalue weighted by atomic mass is 14.9. The molecule has 0 amide bonds. The van der Waals surface area contributed by atoms with Gasteiger partial charge in [0.1, 0.15) is 0 Å². The van der Waals surface area contributed by atoms with Gasteiger partial charge in [0.25, 0.3) is 0 Å². The molecule has 0 aliphatic carbocycles. The van der Waals surface area contributed by atoms with Gasteiger partial charge in [0, 0.05) is 6.04 Å². The van der Waals surface area contributed by atoms with Gasteiger partial charge < -0.3 is 5.32 Å². The molecule has 20 heavy (non-hydrogen) atoms. The van der Waals surface area contributed by atoms with Crippen molar-refractivity contribution in [3.63, 3.8) is 0 Å². The second-order valence-corrected chi connectivity index (χ2v) is 6.30. The number of hydrogen-bond acceptors (Lipinski definition) is 1. The van der Waals surface area contributed by atoms with Crippen molar-refractivity contribution in [3.05, 3.63) is 48.0 Å². The maximum atomic E-state index is 3.77. The van der Waals surface area contributed by atoms with Crippen LogP contribution in [-0.4, -0.2) is 6.54 Å². The van der Waals surface area contributed by atoms with E-state index in [0.29, 0.717) is 6.04 Å². The Labute approximate surface area is 123 Å². The van der Waals surface area contributed by atoms with Crippen LogP contribution in [0.5, 0.6) is 0 Å². The quantitative estimate of drug-likeness (QED) is 0.748. The molecule has 2 aromatic rings. The van der Waals surface area contributed by atoms with E-state index in [9.17, 15) is 0 Å². The van der Waals surface area contributed by atoms with Gasteiger partial charge in [0.2, 0.25) is 0 Å². The minimum absolute atomic E-state index is 0.249. The van der Waals surface area contributed by atoms with E-state index in [2.05, 4.69) is 75.5 Å². The minimum Gasteiger partial charge on any atom is -0.309 e. The molecule has 0 saturated heterocycles. The molecule has 0 bridgehead atoms. The average molecular weight is 269 g/mol. The van der Waals surface area contributed by atoms with Crippen LogP contribution >= 0.6 is 0 Å². The first-order chi connectivity index (χ1) is 9.60. The van der Waals surface area contributed by atoms with Gasteiger partial charge in [-0.1, -0.05) is 70.2 Å². The summed E-state index contributed by atoms with van der Waals surface area (Å²) in [6.07, 6.45) is 2.33. The second kappa shape index (κ2) is 6.41. The molecule has 1 N–H and O–H groups in total. The van der Waals surface area contributed by atoms with Crippen LogP contribution in [0.3, 0.4) is 0 Å². The Morgan fingerprint density at radius 3 is 2.40 bits per heavy atom. The molecule has 1 atom stereocenters. The number of fused-ring (bicyclic) bond motifs is 1. The fourth-order valence-corrected chi connectivity index (χ4v) is 2.80. The Bertz CT molecular complexity index is 551. The maximum absolute atomic E-state index is 3.77. The van der Waals surface area contributed by atoms with Crippen LogP contribution in [0.4, 0.5) is 0 Å². The van der Waals surface area contributed by atoms with Crippen molar-refractivity contribution in [1.29, 1.82) is 0 Å². The Balaban J connectivity index is 2.50. The smallest absolute Gasteiger partial charge is 0.0377 e. The zero-order chi connectivity index (χ0) is 14.6. The summed E-state index contributed by atoms with van der Waals surface area (Å²) >= 11 is 0. The summed E-state index contributed by atoms with van der Waals surface area (Å²) in [5, 5.41) is 6.48. The molecule has 2 aromatic carbocycles. The predicted octanol–water partition coefficient (Wildman–Crippen LogP) is 5.32. The van der Waals surface area contributed by atoms with E-state index < -0.39 is 0 Å². The first-order valence-corrected chi connectivity index (χ1v) is 7.81. The molecule has 0 aliphatic heterocycles. The average Bonchev–Trinajstić information content (AvgIpc) is 2.47. The number of nitrogens with one attached hydrogen (secondary N) is 1. The topological polar surface area (TPSA) is 12.0 Å². The van der Waals surface area contributed by atoms with Crippen LogP contribution in [-0.2, 0) is 0 Å². The van der Waals surface area contributed by atoms with Gasteiger partial charge in [-0.05, 0) is 41.1 Å². The second-order valence-electron chi connectivity index (χ2n) is 6.30. The van der Waals surface area contributed by atoms with Crippen LogP contribution in [0, 0.1) is 5.41 Å². The number of rotatable bonds is 6. The van der Waals surface area contributed by atoms with E-state index in [1.54, 1.807) is 0 Å². The molecule has 2 rings (SSSR count). The molecule has 108 valence electrons. The summed E-state index contributed by atoms with van der Waals surface area (Å²) < 4.78 is 0. The van der Waals surface area contributed by atoms with Crippen LogP contribution in [0.15, 0.2) is 42.5 Å². The van der Waals surface area contributed by atoms with Gasteiger partial charge in [0.05, 0.1) is 0 Å². The summed E-state index contributed by atoms with van der Waals surface area (Å²) in [5.74, 6) is 0. The van der Waals surface area contributed by atoms with Gasteiger partial charge >= 0.3 is 0 Å². The van der Waals surface area contributed by atoms with E-state index in [4.69, 9.17) is 0 Å². The molecule has 1 nitrogen and oxygen atoms in total. The molecule has 0 aliphatic rings. The lowest BCUT2D eigenvalue weighted by atomic mass is 9.77. The van der Waals surface area contributed by atoms with Gasteiger partial charge in [0.15, 0.2) is 0 Å². The molecule has 0 aromatic heterocycles. The highest BCUT2D eigenvalue weighted by molar-refractivity contribution is 5.86. The molecular weight excluding hydrogens is 242 g/mol. The molecule has 0 spiro atoms. The highest BCUT2D eigenvalue weighted by Gasteiger charge is 2.29. The predicted molar refractivity (Wildman–Crippen MR) is 89.1 cm³/mol. The molecule has 0 radical (unpaired) electrons. The largest absolute Gasteiger partial charge is 0.309 e. The van der Waals surface area contributed by atoms with Gasteiger partial charge in [-0.2, -0.15) is 0 Å². The fraction of sp³-hybridized carbons (Fsp3) is 0.474. The summed E-state index contributed by atoms with van der Waals surface area (Å²) in [7, 11) is 0. The maximum Gasteiger partial charge on any atom is 0.0377 e. The van der Waals surface area contributed by atoms with E-state index in [0.717, 1.165) is 13.0 Å². The highest BCUT2D eigenvalue weighted by Crippen LogP contribution is 2.39. The zero-order valence-electron chi connectivity index (χ0n) is 13.2. The summed E-state index contributed by atoms with van der Waals surface area (Å²) in [6, 6.07) is 15.8. The van der Waals surface area contributed by atoms with Gasteiger partial charge in [-0.3, -0.25) is 0 Å². The third-order valence-corrected chi connectivity index (χ3v) is 4.43. The number of hydrogen-bond donors (Lipinski definition) is 1. The lowest BCUT2D eigenvalue weighted by Crippen LogP contribution is -2.34. The standard InChI is InChI=1S/C19H27N/c1-5-14-20-18(19(3,4)6-2)17-13-9-11-15-10-7-8-12-16(15)17/h7-13,18,20H,5-6,14H2,1-4H3. The van der Waals surface area contributed by atoms with Crippen molar-refractivity contribution < 1.29 is 0 Å². The lowest BCUT2D eigenvalue weighted by Gasteiger charge is -2.35. The van der Waals surface area contributed by atoms with Crippen LogP contribution < -0.4 is 5.32 Å². The summed E-state index contributed by atoms with van der Waals surface area (Å²) in [6.45, 7) is 10.3. The lowest BCUT2D eigenvalue weighted by molar-refractivity contribution is 0.236. The summed E-state index contributed by atoms with van der Waals surface area (Å²) in [5.41, 5.74) is 1.68. The first kappa shape index (κ1) is 15.1. The third kappa shape index (κ3) is 3.04.